The van der Waals surface area contributed by atoms with Crippen molar-refractivity contribution in [2.24, 2.45) is 0 Å². The zero-order chi connectivity index (χ0) is 19.4. The number of hydrogen-bond acceptors (Lipinski definition) is 6. The Hall–Kier alpha value is -3.03. The van der Waals surface area contributed by atoms with Gasteiger partial charge in [0.25, 0.3) is 0 Å². The van der Waals surface area contributed by atoms with Crippen molar-refractivity contribution in [3.63, 3.8) is 0 Å². The third-order valence-corrected chi connectivity index (χ3v) is 4.17. The molecule has 8 heteroatoms. The zero-order valence-corrected chi connectivity index (χ0v) is 15.0. The maximum absolute atomic E-state index is 12.3. The van der Waals surface area contributed by atoms with Crippen molar-refractivity contribution in [1.82, 2.24) is 5.32 Å². The molecule has 0 saturated carbocycles. The molecule has 0 fully saturated rings. The second kappa shape index (κ2) is 7.90. The molecule has 0 bridgehead atoms. The van der Waals surface area contributed by atoms with Crippen molar-refractivity contribution in [1.29, 1.82) is 0 Å². The van der Waals surface area contributed by atoms with Gasteiger partial charge in [-0.05, 0) is 25.0 Å². The van der Waals surface area contributed by atoms with Crippen molar-refractivity contribution >= 4 is 22.8 Å². The van der Waals surface area contributed by atoms with Crippen LogP contribution >= 0.6 is 0 Å². The number of benzene rings is 1. The number of amides is 1. The van der Waals surface area contributed by atoms with E-state index in [2.05, 4.69) is 5.32 Å². The Morgan fingerprint density at radius 1 is 1.23 bits per heavy atom. The summed E-state index contributed by atoms with van der Waals surface area (Å²) in [4.78, 5) is 35.5. The lowest BCUT2D eigenvalue weighted by Gasteiger charge is -2.14. The van der Waals surface area contributed by atoms with E-state index in [1.165, 1.54) is 14.2 Å². The topological polar surface area (TPSA) is 115 Å². The predicted molar refractivity (Wildman–Crippen MR) is 93.9 cm³/mol. The number of fused-ring (bicyclic) bond motifs is 1. The summed E-state index contributed by atoms with van der Waals surface area (Å²) in [6.07, 6.45) is -0.0361. The molecular weight excluding hydrogens is 342 g/mol. The van der Waals surface area contributed by atoms with Crippen LogP contribution in [0.2, 0.25) is 0 Å². The van der Waals surface area contributed by atoms with E-state index in [1.54, 1.807) is 26.0 Å². The van der Waals surface area contributed by atoms with E-state index in [1.807, 2.05) is 0 Å². The maximum Gasteiger partial charge on any atom is 0.340 e. The van der Waals surface area contributed by atoms with Gasteiger partial charge in [-0.1, -0.05) is 6.92 Å². The minimum atomic E-state index is -1.13. The number of carbonyl (C=O) groups excluding carboxylic acids is 1. The standard InChI is InChI=1S/C18H21NO7/c1-5-12(17(21)22)19-16(20)7-11-9(2)10-6-14(24-3)15(25-4)8-13(10)26-18(11)23/h6,8,12H,5,7H2,1-4H3,(H,19,20)(H,21,22)/t12-/m1/s1. The third-order valence-electron chi connectivity index (χ3n) is 4.17. The molecule has 26 heavy (non-hydrogen) atoms. The Kier molecular flexibility index (Phi) is 5.86. The van der Waals surface area contributed by atoms with Crippen molar-refractivity contribution in [3.8, 4) is 11.5 Å². The molecule has 2 aromatic rings. The molecule has 0 aliphatic heterocycles. The van der Waals surface area contributed by atoms with Crippen molar-refractivity contribution in [2.75, 3.05) is 14.2 Å². The highest BCUT2D eigenvalue weighted by atomic mass is 16.5. The lowest BCUT2D eigenvalue weighted by Crippen LogP contribution is -2.41. The summed E-state index contributed by atoms with van der Waals surface area (Å²) >= 11 is 0. The van der Waals surface area contributed by atoms with Crippen LogP contribution in [0.3, 0.4) is 0 Å². The SMILES string of the molecule is CC[C@@H](NC(=O)Cc1c(C)c2cc(OC)c(OC)cc2oc1=O)C(=O)O. The minimum Gasteiger partial charge on any atom is -0.493 e. The number of aryl methyl sites for hydroxylation is 1. The second-order valence-corrected chi connectivity index (χ2v) is 5.74. The molecule has 1 aromatic carbocycles. The van der Waals surface area contributed by atoms with Crippen molar-refractivity contribution < 1.29 is 28.6 Å². The van der Waals surface area contributed by atoms with Gasteiger partial charge >= 0.3 is 11.6 Å². The molecule has 1 atom stereocenters. The van der Waals surface area contributed by atoms with Gasteiger partial charge in [0.15, 0.2) is 11.5 Å². The van der Waals surface area contributed by atoms with Gasteiger partial charge in [0.1, 0.15) is 11.6 Å². The molecule has 2 N–H and O–H groups in total. The summed E-state index contributed by atoms with van der Waals surface area (Å²) in [7, 11) is 2.96. The maximum atomic E-state index is 12.3. The fourth-order valence-corrected chi connectivity index (χ4v) is 2.66. The number of hydrogen-bond donors (Lipinski definition) is 2. The summed E-state index contributed by atoms with van der Waals surface area (Å²) in [6, 6.07) is 2.21. The first-order valence-electron chi connectivity index (χ1n) is 8.02. The van der Waals surface area contributed by atoms with Crippen LogP contribution in [0.1, 0.15) is 24.5 Å². The highest BCUT2D eigenvalue weighted by Gasteiger charge is 2.21. The predicted octanol–water partition coefficient (Wildman–Crippen LogP) is 1.64. The number of carboxylic acid groups (broad SMARTS) is 1. The largest absolute Gasteiger partial charge is 0.493 e. The third kappa shape index (κ3) is 3.79. The molecule has 1 heterocycles. The smallest absolute Gasteiger partial charge is 0.340 e. The summed E-state index contributed by atoms with van der Waals surface area (Å²) in [6.45, 7) is 3.34. The summed E-state index contributed by atoms with van der Waals surface area (Å²) in [5.41, 5.74) is 0.394. The molecule has 0 aliphatic carbocycles. The average molecular weight is 363 g/mol. The van der Waals surface area contributed by atoms with Crippen LogP contribution in [0.25, 0.3) is 11.0 Å². The van der Waals surface area contributed by atoms with Gasteiger partial charge in [-0.15, -0.1) is 0 Å². The first-order valence-corrected chi connectivity index (χ1v) is 8.02. The highest BCUT2D eigenvalue weighted by Crippen LogP contribution is 2.33. The fourth-order valence-electron chi connectivity index (χ4n) is 2.66. The molecule has 0 radical (unpaired) electrons. The first kappa shape index (κ1) is 19.3. The second-order valence-electron chi connectivity index (χ2n) is 5.74. The Balaban J connectivity index is 2.43. The van der Waals surface area contributed by atoms with Crippen molar-refractivity contribution in [2.45, 2.75) is 32.7 Å². The molecule has 0 unspecified atom stereocenters. The zero-order valence-electron chi connectivity index (χ0n) is 15.0. The Bertz CT molecular complexity index is 901. The lowest BCUT2D eigenvalue weighted by atomic mass is 10.0. The molecule has 1 amide bonds. The average Bonchev–Trinajstić information content (AvgIpc) is 2.61. The van der Waals surface area contributed by atoms with E-state index >= 15 is 0 Å². The van der Waals surface area contributed by atoms with Crippen molar-refractivity contribution in [3.05, 3.63) is 33.7 Å². The summed E-state index contributed by atoms with van der Waals surface area (Å²) in [5, 5.41) is 12.0. The summed E-state index contributed by atoms with van der Waals surface area (Å²) < 4.78 is 15.8. The molecule has 0 spiro atoms. The van der Waals surface area contributed by atoms with Crippen LogP contribution in [0.5, 0.6) is 11.5 Å². The van der Waals surface area contributed by atoms with Gasteiger partial charge in [0.2, 0.25) is 5.91 Å². The van der Waals surface area contributed by atoms with Crippen LogP contribution in [0.4, 0.5) is 0 Å². The van der Waals surface area contributed by atoms with E-state index in [-0.39, 0.29) is 18.4 Å². The van der Waals surface area contributed by atoms with Gasteiger partial charge in [-0.25, -0.2) is 9.59 Å². The van der Waals surface area contributed by atoms with Gasteiger partial charge in [-0.3, -0.25) is 4.79 Å². The molecular formula is C18H21NO7. The van der Waals surface area contributed by atoms with Gasteiger partial charge in [-0.2, -0.15) is 0 Å². The Labute approximate surface area is 149 Å². The van der Waals surface area contributed by atoms with Crippen LogP contribution < -0.4 is 20.4 Å². The molecule has 1 aromatic heterocycles. The van der Waals surface area contributed by atoms with Gasteiger partial charge in [0, 0.05) is 11.5 Å². The highest BCUT2D eigenvalue weighted by molar-refractivity contribution is 5.88. The van der Waals surface area contributed by atoms with Crippen LogP contribution in [-0.2, 0) is 16.0 Å². The minimum absolute atomic E-state index is 0.169. The molecule has 0 saturated heterocycles. The number of rotatable bonds is 7. The number of ether oxygens (including phenoxy) is 2. The number of aliphatic carboxylic acids is 1. The van der Waals surface area contributed by atoms with Crippen LogP contribution in [-0.4, -0.2) is 37.2 Å². The van der Waals surface area contributed by atoms with E-state index in [9.17, 15) is 14.4 Å². The van der Waals surface area contributed by atoms with Gasteiger partial charge < -0.3 is 24.3 Å². The Morgan fingerprint density at radius 3 is 2.38 bits per heavy atom. The summed E-state index contributed by atoms with van der Waals surface area (Å²) in [5.74, 6) is -0.806. The Morgan fingerprint density at radius 2 is 1.85 bits per heavy atom. The quantitative estimate of drug-likeness (QED) is 0.719. The van der Waals surface area contributed by atoms with E-state index in [0.717, 1.165) is 0 Å². The number of nitrogens with one attached hydrogen (secondary N) is 1. The fraction of sp³-hybridized carbons (Fsp3) is 0.389. The molecule has 0 aliphatic rings. The van der Waals surface area contributed by atoms with Gasteiger partial charge in [0.05, 0.1) is 26.2 Å². The number of methoxy groups -OCH3 is 2. The number of carboxylic acids is 1. The van der Waals surface area contributed by atoms with Crippen LogP contribution in [0.15, 0.2) is 21.3 Å². The lowest BCUT2D eigenvalue weighted by molar-refractivity contribution is -0.141. The monoisotopic (exact) mass is 363 g/mol. The number of carbonyl (C=O) groups is 2. The van der Waals surface area contributed by atoms with E-state index < -0.39 is 23.5 Å². The molecule has 140 valence electrons. The first-order chi connectivity index (χ1) is 12.3. The van der Waals surface area contributed by atoms with E-state index in [4.69, 9.17) is 19.0 Å². The molecule has 8 nitrogen and oxygen atoms in total. The molecule has 2 rings (SSSR count). The van der Waals surface area contributed by atoms with E-state index in [0.29, 0.717) is 28.0 Å². The normalized spacial score (nSPS) is 11.8. The van der Waals surface area contributed by atoms with Crippen LogP contribution in [0, 0.1) is 6.92 Å².